The molecule has 2 atom stereocenters. The Morgan fingerprint density at radius 3 is 2.83 bits per heavy atom. The van der Waals surface area contributed by atoms with Crippen molar-refractivity contribution in [3.8, 4) is 11.3 Å². The van der Waals surface area contributed by atoms with Crippen molar-refractivity contribution in [3.63, 3.8) is 0 Å². The van der Waals surface area contributed by atoms with E-state index in [0.717, 1.165) is 41.2 Å². The average molecular weight is 423 g/mol. The van der Waals surface area contributed by atoms with Crippen molar-refractivity contribution in [1.29, 1.82) is 0 Å². The number of hydrogen-bond acceptors (Lipinski definition) is 4. The fourth-order valence-electron chi connectivity index (χ4n) is 3.86. The van der Waals surface area contributed by atoms with Crippen LogP contribution in [-0.2, 0) is 4.79 Å². The van der Waals surface area contributed by atoms with E-state index < -0.39 is 0 Å². The van der Waals surface area contributed by atoms with E-state index in [0.29, 0.717) is 13.1 Å². The topological polar surface area (TPSA) is 78.1 Å². The summed E-state index contributed by atoms with van der Waals surface area (Å²) < 4.78 is 0. The van der Waals surface area contributed by atoms with Gasteiger partial charge in [0.15, 0.2) is 0 Å². The molecule has 1 aliphatic rings. The van der Waals surface area contributed by atoms with Crippen LogP contribution in [0.15, 0.2) is 54.0 Å². The summed E-state index contributed by atoms with van der Waals surface area (Å²) >= 11 is 1.44. The summed E-state index contributed by atoms with van der Waals surface area (Å²) in [6.07, 6.45) is 4.17. The number of rotatable bonds is 6. The third-order valence-corrected chi connectivity index (χ3v) is 6.40. The lowest BCUT2D eigenvalue weighted by Gasteiger charge is -2.32. The second kappa shape index (κ2) is 9.26. The number of likely N-dealkylation sites (tertiary alicyclic amines) is 1. The van der Waals surface area contributed by atoms with Gasteiger partial charge in [-0.2, -0.15) is 0 Å². The zero-order valence-electron chi connectivity index (χ0n) is 17.0. The Hall–Kier alpha value is -2.93. The number of H-pyrrole nitrogens is 1. The molecule has 0 radical (unpaired) electrons. The maximum absolute atomic E-state index is 13.0. The van der Waals surface area contributed by atoms with Crippen molar-refractivity contribution in [3.05, 3.63) is 64.7 Å². The zero-order chi connectivity index (χ0) is 20.9. The summed E-state index contributed by atoms with van der Waals surface area (Å²) in [5.74, 6) is 0.573. The van der Waals surface area contributed by atoms with Gasteiger partial charge in [0.25, 0.3) is 5.91 Å². The first-order valence-corrected chi connectivity index (χ1v) is 11.3. The molecule has 1 saturated heterocycles. The molecule has 0 aliphatic carbocycles. The molecule has 6 nitrogen and oxygen atoms in total. The van der Waals surface area contributed by atoms with Crippen molar-refractivity contribution >= 4 is 23.2 Å². The molecular formula is C23H26N4O2S. The zero-order valence-corrected chi connectivity index (χ0v) is 17.8. The number of nitrogens with zero attached hydrogens (tertiary/aromatic N) is 2. The molecule has 156 valence electrons. The van der Waals surface area contributed by atoms with Crippen molar-refractivity contribution in [2.45, 2.75) is 32.2 Å². The van der Waals surface area contributed by atoms with E-state index in [1.165, 1.54) is 11.3 Å². The lowest BCUT2D eigenvalue weighted by Crippen LogP contribution is -2.46. The van der Waals surface area contributed by atoms with Gasteiger partial charge in [0, 0.05) is 13.1 Å². The largest absolute Gasteiger partial charge is 0.346 e. The molecule has 1 fully saturated rings. The Balaban J connectivity index is 1.40. The van der Waals surface area contributed by atoms with Crippen LogP contribution >= 0.6 is 11.3 Å². The van der Waals surface area contributed by atoms with Gasteiger partial charge in [0.05, 0.1) is 28.7 Å². The van der Waals surface area contributed by atoms with Gasteiger partial charge in [-0.05, 0) is 36.3 Å². The van der Waals surface area contributed by atoms with Crippen LogP contribution in [0.5, 0.6) is 0 Å². The lowest BCUT2D eigenvalue weighted by atomic mass is 9.96. The molecule has 3 aromatic rings. The third-order valence-electron chi connectivity index (χ3n) is 5.55. The standard InChI is InChI=1S/C23H26N4O2S/c1-2-18(21-24-14-19(25-21)16-8-4-3-5-9-16)26-22(28)17-10-6-12-27(15-17)23(29)20-11-7-13-30-20/h3-5,7-9,11,13-14,17-18H,2,6,10,12,15H2,1H3,(H,24,25)(H,26,28). The summed E-state index contributed by atoms with van der Waals surface area (Å²) in [5, 5.41) is 5.05. The smallest absolute Gasteiger partial charge is 0.263 e. The minimum absolute atomic E-state index is 0.0109. The van der Waals surface area contributed by atoms with Crippen LogP contribution < -0.4 is 5.32 Å². The molecule has 2 amide bonds. The number of nitrogens with one attached hydrogen (secondary N) is 2. The monoisotopic (exact) mass is 422 g/mol. The van der Waals surface area contributed by atoms with Crippen LogP contribution in [0.4, 0.5) is 0 Å². The quantitative estimate of drug-likeness (QED) is 0.623. The molecule has 1 aromatic carbocycles. The van der Waals surface area contributed by atoms with Gasteiger partial charge < -0.3 is 15.2 Å². The number of piperidine rings is 1. The highest BCUT2D eigenvalue weighted by atomic mass is 32.1. The second-order valence-corrected chi connectivity index (χ2v) is 8.53. The van der Waals surface area contributed by atoms with E-state index in [4.69, 9.17) is 0 Å². The van der Waals surface area contributed by atoms with Crippen molar-refractivity contribution in [1.82, 2.24) is 20.2 Å². The fourth-order valence-corrected chi connectivity index (χ4v) is 4.55. The van der Waals surface area contributed by atoms with E-state index in [2.05, 4.69) is 15.3 Å². The first-order valence-electron chi connectivity index (χ1n) is 10.4. The summed E-state index contributed by atoms with van der Waals surface area (Å²) in [5.41, 5.74) is 2.00. The van der Waals surface area contributed by atoms with Gasteiger partial charge >= 0.3 is 0 Å². The summed E-state index contributed by atoms with van der Waals surface area (Å²) in [6.45, 7) is 3.20. The van der Waals surface area contributed by atoms with Gasteiger partial charge in [-0.3, -0.25) is 9.59 Å². The third kappa shape index (κ3) is 4.46. The first-order chi connectivity index (χ1) is 14.7. The van der Waals surface area contributed by atoms with Gasteiger partial charge in [0.1, 0.15) is 5.82 Å². The molecule has 2 N–H and O–H groups in total. The first kappa shape index (κ1) is 20.3. The van der Waals surface area contributed by atoms with Crippen molar-refractivity contribution in [2.75, 3.05) is 13.1 Å². The van der Waals surface area contributed by atoms with Crippen LogP contribution in [0.25, 0.3) is 11.3 Å². The molecule has 1 aliphatic heterocycles. The van der Waals surface area contributed by atoms with E-state index in [-0.39, 0.29) is 23.8 Å². The summed E-state index contributed by atoms with van der Waals surface area (Å²) in [7, 11) is 0. The summed E-state index contributed by atoms with van der Waals surface area (Å²) in [4.78, 5) is 36.0. The highest BCUT2D eigenvalue weighted by Crippen LogP contribution is 2.24. The number of hydrogen-bond donors (Lipinski definition) is 2. The minimum atomic E-state index is -0.194. The van der Waals surface area contributed by atoms with Crippen LogP contribution in [0.3, 0.4) is 0 Å². The molecule has 0 spiro atoms. The number of imidazole rings is 1. The minimum Gasteiger partial charge on any atom is -0.346 e. The normalized spacial score (nSPS) is 17.5. The van der Waals surface area contributed by atoms with E-state index in [1.807, 2.05) is 61.0 Å². The van der Waals surface area contributed by atoms with E-state index >= 15 is 0 Å². The van der Waals surface area contributed by atoms with Gasteiger partial charge in [-0.25, -0.2) is 4.98 Å². The highest BCUT2D eigenvalue weighted by molar-refractivity contribution is 7.12. The Morgan fingerprint density at radius 2 is 2.10 bits per heavy atom. The molecule has 2 unspecified atom stereocenters. The molecule has 7 heteroatoms. The summed E-state index contributed by atoms with van der Waals surface area (Å²) in [6, 6.07) is 13.5. The van der Waals surface area contributed by atoms with Gasteiger partial charge in [-0.15, -0.1) is 11.3 Å². The Kier molecular flexibility index (Phi) is 6.28. The predicted molar refractivity (Wildman–Crippen MR) is 118 cm³/mol. The maximum atomic E-state index is 13.0. The highest BCUT2D eigenvalue weighted by Gasteiger charge is 2.30. The van der Waals surface area contributed by atoms with Crippen LogP contribution in [0, 0.1) is 5.92 Å². The Labute approximate surface area is 180 Å². The van der Waals surface area contributed by atoms with Crippen molar-refractivity contribution in [2.24, 2.45) is 5.92 Å². The predicted octanol–water partition coefficient (Wildman–Crippen LogP) is 4.26. The number of amides is 2. The second-order valence-electron chi connectivity index (χ2n) is 7.59. The molecule has 0 saturated carbocycles. The Morgan fingerprint density at radius 1 is 1.27 bits per heavy atom. The SMILES string of the molecule is CCC(NC(=O)C1CCCN(C(=O)c2cccs2)C1)c1ncc(-c2ccccc2)[nH]1. The molecule has 2 aromatic heterocycles. The number of benzene rings is 1. The van der Waals surface area contributed by atoms with Gasteiger partial charge in [0.2, 0.25) is 5.91 Å². The van der Waals surface area contributed by atoms with Crippen LogP contribution in [-0.4, -0.2) is 39.8 Å². The van der Waals surface area contributed by atoms with E-state index in [1.54, 1.807) is 4.90 Å². The lowest BCUT2D eigenvalue weighted by molar-refractivity contribution is -0.127. The number of carbonyl (C=O) groups excluding carboxylic acids is 2. The van der Waals surface area contributed by atoms with Gasteiger partial charge in [-0.1, -0.05) is 43.3 Å². The number of aromatic amines is 1. The molecular weight excluding hydrogens is 396 g/mol. The molecule has 30 heavy (non-hydrogen) atoms. The van der Waals surface area contributed by atoms with Crippen molar-refractivity contribution < 1.29 is 9.59 Å². The molecule has 4 rings (SSSR count). The maximum Gasteiger partial charge on any atom is 0.263 e. The number of aromatic nitrogens is 2. The number of carbonyl (C=O) groups is 2. The van der Waals surface area contributed by atoms with Crippen LogP contribution in [0.1, 0.15) is 47.7 Å². The molecule has 3 heterocycles. The number of thiophene rings is 1. The fraction of sp³-hybridized carbons (Fsp3) is 0.348. The molecule has 0 bridgehead atoms. The van der Waals surface area contributed by atoms with Crippen LogP contribution in [0.2, 0.25) is 0 Å². The average Bonchev–Trinajstić information content (AvgIpc) is 3.50. The Bertz CT molecular complexity index is 984. The van der Waals surface area contributed by atoms with E-state index in [9.17, 15) is 9.59 Å².